The number of hydrogen-bond acceptors (Lipinski definition) is 0. The van der Waals surface area contributed by atoms with Crippen LogP contribution in [0.1, 0.15) is 17.5 Å². The monoisotopic (exact) mass is 324 g/mol. The van der Waals surface area contributed by atoms with Crippen LogP contribution >= 0.6 is 0 Å². The lowest BCUT2D eigenvalue weighted by Gasteiger charge is -2.34. The Bertz CT molecular complexity index is 1160. The zero-order chi connectivity index (χ0) is 15.9. The average Bonchev–Trinajstić information content (AvgIpc) is 3.22. The summed E-state index contributed by atoms with van der Waals surface area (Å²) in [5, 5.41) is 6.32. The van der Waals surface area contributed by atoms with Gasteiger partial charge in [-0.1, -0.05) is 73.3 Å². The van der Waals surface area contributed by atoms with Gasteiger partial charge in [-0.25, -0.2) is 0 Å². The van der Waals surface area contributed by atoms with Gasteiger partial charge >= 0.3 is 0 Å². The molecule has 0 amide bonds. The molecule has 0 nitrogen and oxygen atoms in total. The molecule has 1 saturated heterocycles. The van der Waals surface area contributed by atoms with E-state index in [4.69, 9.17) is 0 Å². The van der Waals surface area contributed by atoms with E-state index in [0.29, 0.717) is 5.04 Å². The summed E-state index contributed by atoms with van der Waals surface area (Å²) in [6.45, 7) is 2.65. The summed E-state index contributed by atoms with van der Waals surface area (Å²) < 4.78 is 0. The first kappa shape index (κ1) is 13.2. The van der Waals surface area contributed by atoms with E-state index in [1.165, 1.54) is 39.7 Å². The molecule has 1 aliphatic carbocycles. The first-order valence-electron chi connectivity index (χ1n) is 9.03. The molecule has 6 rings (SSSR count). The zero-order valence-electron chi connectivity index (χ0n) is 14.0. The number of benzene rings is 3. The largest absolute Gasteiger partial charge is 0.0761 e. The summed E-state index contributed by atoms with van der Waals surface area (Å²) in [7, 11) is -1.18. The Morgan fingerprint density at radius 2 is 1.75 bits per heavy atom. The van der Waals surface area contributed by atoms with Gasteiger partial charge in [0, 0.05) is 0 Å². The molecule has 3 aliphatic rings. The zero-order valence-corrected chi connectivity index (χ0v) is 15.0. The van der Waals surface area contributed by atoms with Crippen molar-refractivity contribution in [3.63, 3.8) is 0 Å². The highest BCUT2D eigenvalue weighted by Crippen LogP contribution is 2.75. The lowest BCUT2D eigenvalue weighted by Crippen LogP contribution is -2.38. The van der Waals surface area contributed by atoms with Gasteiger partial charge in [0.15, 0.2) is 0 Å². The third-order valence-electron chi connectivity index (χ3n) is 6.95. The molecule has 0 saturated carbocycles. The molecule has 2 heterocycles. The molecule has 2 aliphatic heterocycles. The van der Waals surface area contributed by atoms with Crippen molar-refractivity contribution < 1.29 is 0 Å². The van der Waals surface area contributed by atoms with Crippen molar-refractivity contribution in [2.24, 2.45) is 0 Å². The van der Waals surface area contributed by atoms with Crippen molar-refractivity contribution in [1.29, 1.82) is 0 Å². The summed E-state index contributed by atoms with van der Waals surface area (Å²) in [6, 6.07) is 25.6. The summed E-state index contributed by atoms with van der Waals surface area (Å²) in [4.78, 5) is 0. The molecule has 3 aromatic carbocycles. The number of hydrogen-bond donors (Lipinski definition) is 0. The van der Waals surface area contributed by atoms with Gasteiger partial charge < -0.3 is 0 Å². The number of rotatable bonds is 0. The van der Waals surface area contributed by atoms with Crippen molar-refractivity contribution in [3.8, 4) is 0 Å². The third kappa shape index (κ3) is 1.41. The van der Waals surface area contributed by atoms with Crippen LogP contribution in [-0.2, 0) is 6.04 Å². The highest BCUT2D eigenvalue weighted by atomic mass is 28.3. The summed E-state index contributed by atoms with van der Waals surface area (Å²) in [5.41, 5.74) is 4.90. The SMILES string of the molecule is C[Si]12Cc3ccc4ccccc4c3C3=c4ccccc4=CCC31C2. The second-order valence-corrected chi connectivity index (χ2v) is 13.0. The second kappa shape index (κ2) is 4.10. The molecule has 1 heteroatoms. The smallest absolute Gasteiger partial charge is 0.0668 e. The van der Waals surface area contributed by atoms with Crippen molar-refractivity contribution in [2.45, 2.75) is 30.1 Å². The average molecular weight is 324 g/mol. The van der Waals surface area contributed by atoms with Crippen molar-refractivity contribution in [3.05, 3.63) is 82.2 Å². The lowest BCUT2D eigenvalue weighted by molar-refractivity contribution is 0.878. The van der Waals surface area contributed by atoms with E-state index in [1.54, 1.807) is 16.7 Å². The van der Waals surface area contributed by atoms with E-state index in [1.807, 2.05) is 0 Å². The van der Waals surface area contributed by atoms with Gasteiger partial charge in [-0.15, -0.1) is 0 Å². The van der Waals surface area contributed by atoms with E-state index < -0.39 is 8.07 Å². The summed E-state index contributed by atoms with van der Waals surface area (Å²) >= 11 is 0. The highest BCUT2D eigenvalue weighted by Gasteiger charge is 2.69. The molecule has 116 valence electrons. The maximum atomic E-state index is 2.65. The molecule has 0 N–H and O–H groups in total. The van der Waals surface area contributed by atoms with Gasteiger partial charge in [-0.3, -0.25) is 0 Å². The molecule has 1 spiro atoms. The second-order valence-electron chi connectivity index (χ2n) is 8.19. The van der Waals surface area contributed by atoms with Gasteiger partial charge in [0.2, 0.25) is 0 Å². The summed E-state index contributed by atoms with van der Waals surface area (Å²) in [6.07, 6.45) is 3.79. The Kier molecular flexibility index (Phi) is 2.25. The fourth-order valence-electron chi connectivity index (χ4n) is 5.66. The van der Waals surface area contributed by atoms with Gasteiger partial charge in [0.05, 0.1) is 8.07 Å². The molecule has 0 aromatic heterocycles. The highest BCUT2D eigenvalue weighted by molar-refractivity contribution is 6.94. The van der Waals surface area contributed by atoms with Crippen LogP contribution in [0.25, 0.3) is 22.4 Å². The fourth-order valence-corrected chi connectivity index (χ4v) is 11.2. The van der Waals surface area contributed by atoms with Crippen LogP contribution in [-0.4, -0.2) is 8.07 Å². The minimum Gasteiger partial charge on any atom is -0.0761 e. The van der Waals surface area contributed by atoms with Crippen LogP contribution in [0.3, 0.4) is 0 Å². The standard InChI is InChI=1S/C23H20Si/c1-24-14-18-11-10-16-6-2-4-8-19(16)21(18)22-20-9-5-3-7-17(20)12-13-23(22,24)15-24/h2-12H,13-15H2,1H3. The fraction of sp³-hybridized carbons (Fsp3) is 0.217. The Balaban J connectivity index is 1.87. The molecule has 2 atom stereocenters. The molecule has 0 bridgehead atoms. The van der Waals surface area contributed by atoms with Crippen LogP contribution in [0.2, 0.25) is 17.6 Å². The van der Waals surface area contributed by atoms with Crippen LogP contribution in [0, 0.1) is 0 Å². The van der Waals surface area contributed by atoms with Crippen LogP contribution in [0.15, 0.2) is 60.7 Å². The predicted molar refractivity (Wildman–Crippen MR) is 104 cm³/mol. The Labute approximate surface area is 143 Å². The van der Waals surface area contributed by atoms with Crippen LogP contribution in [0.4, 0.5) is 0 Å². The molecule has 0 radical (unpaired) electrons. The first-order chi connectivity index (χ1) is 11.7. The molecule has 2 unspecified atom stereocenters. The molecular weight excluding hydrogens is 304 g/mol. The van der Waals surface area contributed by atoms with E-state index in [-0.39, 0.29) is 0 Å². The van der Waals surface area contributed by atoms with Crippen molar-refractivity contribution >= 4 is 30.5 Å². The Hall–Kier alpha value is -2.12. The van der Waals surface area contributed by atoms with Crippen LogP contribution < -0.4 is 10.4 Å². The maximum absolute atomic E-state index is 2.65. The van der Waals surface area contributed by atoms with E-state index in [2.05, 4.69) is 73.3 Å². The van der Waals surface area contributed by atoms with Crippen molar-refractivity contribution in [1.82, 2.24) is 0 Å². The summed E-state index contributed by atoms with van der Waals surface area (Å²) in [5.74, 6) is 0. The van der Waals surface area contributed by atoms with Gasteiger partial charge in [-0.05, 0) is 61.5 Å². The molecule has 24 heavy (non-hydrogen) atoms. The minimum absolute atomic E-state index is 0.512. The van der Waals surface area contributed by atoms with Crippen molar-refractivity contribution in [2.75, 3.05) is 0 Å². The maximum Gasteiger partial charge on any atom is 0.0668 e. The Morgan fingerprint density at radius 3 is 2.71 bits per heavy atom. The predicted octanol–water partition coefficient (Wildman–Crippen LogP) is 4.15. The van der Waals surface area contributed by atoms with Gasteiger partial charge in [0.1, 0.15) is 0 Å². The molecule has 1 fully saturated rings. The topological polar surface area (TPSA) is 0 Å². The van der Waals surface area contributed by atoms with E-state index in [9.17, 15) is 0 Å². The van der Waals surface area contributed by atoms with E-state index in [0.717, 1.165) is 0 Å². The Morgan fingerprint density at radius 1 is 0.917 bits per heavy atom. The van der Waals surface area contributed by atoms with Crippen LogP contribution in [0.5, 0.6) is 0 Å². The molecular formula is C23H20Si. The third-order valence-corrected chi connectivity index (χ3v) is 12.0. The number of fused-ring (bicyclic) bond motifs is 5. The normalized spacial score (nSPS) is 29.1. The van der Waals surface area contributed by atoms with Gasteiger partial charge in [-0.2, -0.15) is 0 Å². The van der Waals surface area contributed by atoms with E-state index >= 15 is 0 Å². The lowest BCUT2D eigenvalue weighted by atomic mass is 9.81. The quantitative estimate of drug-likeness (QED) is 0.545. The first-order valence-corrected chi connectivity index (χ1v) is 11.9. The van der Waals surface area contributed by atoms with Gasteiger partial charge in [0.25, 0.3) is 0 Å². The molecule has 3 aromatic rings. The minimum atomic E-state index is -1.18.